The summed E-state index contributed by atoms with van der Waals surface area (Å²) in [6.45, 7) is 3.73. The monoisotopic (exact) mass is 468 g/mol. The van der Waals surface area contributed by atoms with Gasteiger partial charge in [0.15, 0.2) is 4.80 Å². The number of thiazole rings is 1. The number of esters is 1. The van der Waals surface area contributed by atoms with Gasteiger partial charge in [-0.2, -0.15) is 0 Å². The smallest absolute Gasteiger partial charge is 0.338 e. The van der Waals surface area contributed by atoms with E-state index < -0.39 is 12.0 Å². The molecule has 2 heterocycles. The molecule has 0 fully saturated rings. The van der Waals surface area contributed by atoms with Crippen molar-refractivity contribution >= 4 is 35.0 Å². The topological polar surface area (TPSA) is 69.9 Å². The molecule has 1 atom stereocenters. The van der Waals surface area contributed by atoms with Crippen molar-refractivity contribution in [3.63, 3.8) is 0 Å². The number of nitrogens with zero attached hydrogens (tertiary/aromatic N) is 2. The van der Waals surface area contributed by atoms with Crippen LogP contribution in [0.1, 0.15) is 31.0 Å². The molecule has 1 aliphatic heterocycles. The number of benzene rings is 2. The average Bonchev–Trinajstić information content (AvgIpc) is 3.09. The summed E-state index contributed by atoms with van der Waals surface area (Å²) in [5, 5.41) is 0.549. The lowest BCUT2D eigenvalue weighted by molar-refractivity contribution is -0.139. The molecule has 0 spiro atoms. The maximum atomic E-state index is 13.5. The van der Waals surface area contributed by atoms with E-state index in [9.17, 15) is 9.59 Å². The van der Waals surface area contributed by atoms with Gasteiger partial charge in [0.25, 0.3) is 5.56 Å². The molecule has 0 N–H and O–H groups in total. The summed E-state index contributed by atoms with van der Waals surface area (Å²) in [5.74, 6) is 0.188. The zero-order valence-electron chi connectivity index (χ0n) is 17.8. The number of fused-ring (bicyclic) bond motifs is 1. The first-order valence-corrected chi connectivity index (χ1v) is 11.2. The van der Waals surface area contributed by atoms with Gasteiger partial charge in [0.1, 0.15) is 5.75 Å². The summed E-state index contributed by atoms with van der Waals surface area (Å²) in [6, 6.07) is 13.9. The fourth-order valence-corrected chi connectivity index (χ4v) is 4.85. The summed E-state index contributed by atoms with van der Waals surface area (Å²) in [6.07, 6.45) is 1.75. The van der Waals surface area contributed by atoms with E-state index in [1.165, 1.54) is 11.3 Å². The largest absolute Gasteiger partial charge is 0.497 e. The molecule has 0 unspecified atom stereocenters. The quantitative estimate of drug-likeness (QED) is 0.538. The van der Waals surface area contributed by atoms with Crippen LogP contribution in [0, 0.1) is 0 Å². The zero-order chi connectivity index (χ0) is 22.8. The number of allylic oxidation sites excluding steroid dienone is 1. The summed E-state index contributed by atoms with van der Waals surface area (Å²) in [5.41, 5.74) is 2.11. The van der Waals surface area contributed by atoms with E-state index in [-0.39, 0.29) is 12.2 Å². The van der Waals surface area contributed by atoms with Crippen molar-refractivity contribution in [2.24, 2.45) is 4.99 Å². The maximum Gasteiger partial charge on any atom is 0.338 e. The molecule has 0 amide bonds. The van der Waals surface area contributed by atoms with Crippen LogP contribution in [0.3, 0.4) is 0 Å². The Morgan fingerprint density at radius 3 is 2.59 bits per heavy atom. The minimum Gasteiger partial charge on any atom is -0.497 e. The molecule has 0 saturated heterocycles. The second-order valence-electron chi connectivity index (χ2n) is 7.10. The third kappa shape index (κ3) is 4.01. The van der Waals surface area contributed by atoms with Gasteiger partial charge in [0.05, 0.1) is 35.6 Å². The Morgan fingerprint density at radius 2 is 1.94 bits per heavy atom. The van der Waals surface area contributed by atoms with Crippen LogP contribution in [0.25, 0.3) is 6.08 Å². The molecular weight excluding hydrogens is 448 g/mol. The van der Waals surface area contributed by atoms with E-state index in [4.69, 9.17) is 21.1 Å². The number of carbonyl (C=O) groups is 1. The summed E-state index contributed by atoms with van der Waals surface area (Å²) in [7, 11) is 1.58. The predicted octanol–water partition coefficient (Wildman–Crippen LogP) is 3.46. The van der Waals surface area contributed by atoms with E-state index in [1.54, 1.807) is 49.8 Å². The molecular formula is C24H21ClN2O4S. The Morgan fingerprint density at radius 1 is 1.22 bits per heavy atom. The van der Waals surface area contributed by atoms with E-state index in [0.29, 0.717) is 31.4 Å². The van der Waals surface area contributed by atoms with E-state index in [0.717, 1.165) is 11.1 Å². The molecule has 4 rings (SSSR count). The van der Waals surface area contributed by atoms with Crippen LogP contribution >= 0.6 is 22.9 Å². The second-order valence-corrected chi connectivity index (χ2v) is 8.51. The molecule has 0 radical (unpaired) electrons. The van der Waals surface area contributed by atoms with Gasteiger partial charge >= 0.3 is 5.97 Å². The molecule has 8 heteroatoms. The minimum atomic E-state index is -0.662. The van der Waals surface area contributed by atoms with Gasteiger partial charge in [-0.1, -0.05) is 53.3 Å². The van der Waals surface area contributed by atoms with Gasteiger partial charge < -0.3 is 9.47 Å². The van der Waals surface area contributed by atoms with Crippen molar-refractivity contribution in [2.45, 2.75) is 19.9 Å². The van der Waals surface area contributed by atoms with Crippen molar-refractivity contribution in [1.29, 1.82) is 0 Å². The molecule has 3 aromatic rings. The molecule has 1 aliphatic rings. The maximum absolute atomic E-state index is 13.5. The Hall–Kier alpha value is -3.16. The first-order chi connectivity index (χ1) is 15.4. The lowest BCUT2D eigenvalue weighted by Gasteiger charge is -2.24. The first-order valence-electron chi connectivity index (χ1n) is 10.0. The lowest BCUT2D eigenvalue weighted by atomic mass is 9.96. The highest BCUT2D eigenvalue weighted by molar-refractivity contribution is 7.07. The summed E-state index contributed by atoms with van der Waals surface area (Å²) < 4.78 is 12.6. The first kappa shape index (κ1) is 22.0. The van der Waals surface area contributed by atoms with E-state index >= 15 is 0 Å². The highest BCUT2D eigenvalue weighted by Crippen LogP contribution is 2.31. The lowest BCUT2D eigenvalue weighted by Crippen LogP contribution is -2.39. The van der Waals surface area contributed by atoms with E-state index in [2.05, 4.69) is 4.99 Å². The van der Waals surface area contributed by atoms with Crippen LogP contribution in [-0.4, -0.2) is 24.3 Å². The van der Waals surface area contributed by atoms with Crippen molar-refractivity contribution in [3.8, 4) is 5.75 Å². The highest BCUT2D eigenvalue weighted by Gasteiger charge is 2.33. The van der Waals surface area contributed by atoms with Crippen LogP contribution < -0.4 is 19.6 Å². The van der Waals surface area contributed by atoms with Gasteiger partial charge in [-0.15, -0.1) is 0 Å². The summed E-state index contributed by atoms with van der Waals surface area (Å²) >= 11 is 7.55. The SMILES string of the molecule is CCOC(=O)C1=C(C)N=c2s/c(=C/c3ccccc3Cl)c(=O)n2[C@H]1c1ccc(OC)cc1. The molecule has 32 heavy (non-hydrogen) atoms. The third-order valence-electron chi connectivity index (χ3n) is 5.14. The zero-order valence-corrected chi connectivity index (χ0v) is 19.4. The van der Waals surface area contributed by atoms with Gasteiger partial charge in [-0.3, -0.25) is 9.36 Å². The van der Waals surface area contributed by atoms with Crippen LogP contribution in [0.15, 0.2) is 69.6 Å². The predicted molar refractivity (Wildman–Crippen MR) is 125 cm³/mol. The molecule has 0 bridgehead atoms. The molecule has 6 nitrogen and oxygen atoms in total. The number of hydrogen-bond donors (Lipinski definition) is 0. The number of methoxy groups -OCH3 is 1. The molecule has 2 aromatic carbocycles. The molecule has 0 aliphatic carbocycles. The highest BCUT2D eigenvalue weighted by atomic mass is 35.5. The Labute approximate surface area is 193 Å². The number of rotatable bonds is 5. The number of hydrogen-bond acceptors (Lipinski definition) is 6. The van der Waals surface area contributed by atoms with Crippen LogP contribution in [0.4, 0.5) is 0 Å². The third-order valence-corrected chi connectivity index (χ3v) is 6.47. The van der Waals surface area contributed by atoms with Crippen LogP contribution in [0.5, 0.6) is 5.75 Å². The Bertz CT molecular complexity index is 1390. The number of carbonyl (C=O) groups excluding carboxylic acids is 1. The Balaban J connectivity index is 1.96. The molecule has 0 saturated carbocycles. The van der Waals surface area contributed by atoms with Gasteiger partial charge in [-0.05, 0) is 49.2 Å². The second kappa shape index (κ2) is 9.14. The molecule has 164 valence electrons. The summed E-state index contributed by atoms with van der Waals surface area (Å²) in [4.78, 5) is 31.5. The van der Waals surface area contributed by atoms with Gasteiger partial charge in [-0.25, -0.2) is 9.79 Å². The van der Waals surface area contributed by atoms with Crippen LogP contribution in [-0.2, 0) is 9.53 Å². The molecule has 1 aromatic heterocycles. The number of ether oxygens (including phenoxy) is 2. The fraction of sp³-hybridized carbons (Fsp3) is 0.208. The van der Waals surface area contributed by atoms with Crippen molar-refractivity contribution in [3.05, 3.63) is 95.6 Å². The normalized spacial score (nSPS) is 15.9. The average molecular weight is 469 g/mol. The van der Waals surface area contributed by atoms with Crippen molar-refractivity contribution in [2.75, 3.05) is 13.7 Å². The minimum absolute atomic E-state index is 0.224. The van der Waals surface area contributed by atoms with Gasteiger partial charge in [0, 0.05) is 5.02 Å². The Kier molecular flexibility index (Phi) is 6.30. The van der Waals surface area contributed by atoms with E-state index in [1.807, 2.05) is 30.3 Å². The number of aromatic nitrogens is 1. The number of halogens is 1. The van der Waals surface area contributed by atoms with Gasteiger partial charge in [0.2, 0.25) is 0 Å². The fourth-order valence-electron chi connectivity index (χ4n) is 3.63. The standard InChI is InChI=1S/C24H21ClN2O4S/c1-4-31-23(29)20-14(2)26-24-27(21(20)15-9-11-17(30-3)12-10-15)22(28)19(32-24)13-16-7-5-6-8-18(16)25/h5-13,21H,4H2,1-3H3/b19-13+/t21-/m0/s1. The van der Waals surface area contributed by atoms with Crippen molar-refractivity contribution in [1.82, 2.24) is 4.57 Å². The van der Waals surface area contributed by atoms with Crippen molar-refractivity contribution < 1.29 is 14.3 Å². The van der Waals surface area contributed by atoms with Crippen LogP contribution in [0.2, 0.25) is 5.02 Å².